The molecule has 6 nitrogen and oxygen atoms in total. The zero-order chi connectivity index (χ0) is 23.6. The molecule has 3 aromatic carbocycles. The summed E-state index contributed by atoms with van der Waals surface area (Å²) in [6.07, 6.45) is 0. The highest BCUT2D eigenvalue weighted by atomic mass is 35.5. The molecule has 0 radical (unpaired) electrons. The summed E-state index contributed by atoms with van der Waals surface area (Å²) < 4.78 is 29.9. The minimum atomic E-state index is -4.07. The predicted molar refractivity (Wildman–Crippen MR) is 133 cm³/mol. The molecule has 0 unspecified atom stereocenters. The molecule has 0 fully saturated rings. The lowest BCUT2D eigenvalue weighted by molar-refractivity contribution is 0.480. The topological polar surface area (TPSA) is 85.9 Å². The van der Waals surface area contributed by atoms with Gasteiger partial charge in [0.2, 0.25) is 0 Å². The molecule has 168 valence electrons. The first kappa shape index (κ1) is 23.2. The molecule has 4 rings (SSSR count). The lowest BCUT2D eigenvalue weighted by atomic mass is 9.90. The molecule has 9 heteroatoms. The number of rotatable bonds is 5. The van der Waals surface area contributed by atoms with Crippen LogP contribution in [0.1, 0.15) is 24.0 Å². The predicted octanol–water partition coefficient (Wildman–Crippen LogP) is 5.62. The minimum absolute atomic E-state index is 0.00800. The second-order valence-corrected chi connectivity index (χ2v) is 9.98. The molecule has 1 N–H and O–H groups in total. The fraction of sp³-hybridized carbons (Fsp3) is 0.125. The van der Waals surface area contributed by atoms with Crippen molar-refractivity contribution >= 4 is 50.5 Å². The van der Waals surface area contributed by atoms with Gasteiger partial charge in [-0.2, -0.15) is 13.5 Å². The van der Waals surface area contributed by atoms with E-state index in [1.165, 1.54) is 36.2 Å². The largest absolute Gasteiger partial charge is 0.302 e. The monoisotopic (exact) mass is 498 g/mol. The molecule has 0 spiro atoms. The van der Waals surface area contributed by atoms with E-state index in [1.807, 2.05) is 42.5 Å². The van der Waals surface area contributed by atoms with Crippen LogP contribution >= 0.6 is 23.2 Å². The zero-order valence-electron chi connectivity index (χ0n) is 17.6. The van der Waals surface area contributed by atoms with E-state index < -0.39 is 10.0 Å². The summed E-state index contributed by atoms with van der Waals surface area (Å²) in [6, 6.07) is 22.9. The van der Waals surface area contributed by atoms with Crippen molar-refractivity contribution in [2.24, 2.45) is 9.50 Å². The molecule has 3 aromatic rings. The number of hydrogen-bond donors (Lipinski definition) is 1. The quantitative estimate of drug-likeness (QED) is 0.365. The van der Waals surface area contributed by atoms with Crippen LogP contribution < -0.4 is 0 Å². The van der Waals surface area contributed by atoms with Crippen molar-refractivity contribution < 1.29 is 8.42 Å². The van der Waals surface area contributed by atoms with Crippen molar-refractivity contribution in [3.05, 3.63) is 100 Å². The van der Waals surface area contributed by atoms with Crippen molar-refractivity contribution in [1.29, 1.82) is 5.41 Å². The summed E-state index contributed by atoms with van der Waals surface area (Å²) in [7, 11) is -4.07. The Morgan fingerprint density at radius 2 is 1.55 bits per heavy atom. The number of nitrogens with zero attached hydrogens (tertiary/aromatic N) is 3. The molecule has 0 saturated heterocycles. The van der Waals surface area contributed by atoms with Crippen molar-refractivity contribution in [3.63, 3.8) is 0 Å². The second kappa shape index (κ2) is 9.47. The first-order valence-electron chi connectivity index (χ1n) is 10.1. The van der Waals surface area contributed by atoms with Crippen LogP contribution in [0.15, 0.2) is 93.3 Å². The molecule has 0 aliphatic carbocycles. The lowest BCUT2D eigenvalue weighted by Crippen LogP contribution is -2.31. The maximum atomic E-state index is 12.9. The SMILES string of the molecule is CC(=N)/C(=N\S(=O)(=O)c1ccc(Cl)cc1)N1C[C@H](c2ccccc2)C(c2ccc(Cl)cc2)=N1. The average Bonchev–Trinajstić information content (AvgIpc) is 3.24. The summed E-state index contributed by atoms with van der Waals surface area (Å²) >= 11 is 11.9. The summed E-state index contributed by atoms with van der Waals surface area (Å²) in [5.74, 6) is -0.176. The van der Waals surface area contributed by atoms with Crippen LogP contribution in [-0.2, 0) is 10.0 Å². The molecule has 0 amide bonds. The van der Waals surface area contributed by atoms with Crippen LogP contribution in [0.25, 0.3) is 0 Å². The highest BCUT2D eigenvalue weighted by molar-refractivity contribution is 7.90. The van der Waals surface area contributed by atoms with Crippen molar-refractivity contribution in [2.45, 2.75) is 17.7 Å². The van der Waals surface area contributed by atoms with Gasteiger partial charge in [0.15, 0.2) is 5.84 Å². The Bertz CT molecular complexity index is 1340. The van der Waals surface area contributed by atoms with E-state index in [0.717, 1.165) is 16.8 Å². The molecule has 0 saturated carbocycles. The number of sulfonamides is 1. The van der Waals surface area contributed by atoms with Crippen LogP contribution in [0.3, 0.4) is 0 Å². The van der Waals surface area contributed by atoms with E-state index in [9.17, 15) is 8.42 Å². The normalized spacial score (nSPS) is 16.6. The van der Waals surface area contributed by atoms with Crippen molar-refractivity contribution in [2.75, 3.05) is 6.54 Å². The Morgan fingerprint density at radius 1 is 0.970 bits per heavy atom. The highest BCUT2D eigenvalue weighted by Gasteiger charge is 2.33. The number of nitrogens with one attached hydrogen (secondary N) is 1. The van der Waals surface area contributed by atoms with Crippen LogP contribution in [0.4, 0.5) is 0 Å². The highest BCUT2D eigenvalue weighted by Crippen LogP contribution is 2.30. The Morgan fingerprint density at radius 3 is 2.12 bits per heavy atom. The number of hydrazone groups is 1. The van der Waals surface area contributed by atoms with Crippen LogP contribution in [-0.4, -0.2) is 37.2 Å². The van der Waals surface area contributed by atoms with Crippen LogP contribution in [0, 0.1) is 5.41 Å². The standard InChI is InChI=1S/C24H20Cl2N4O2S/c1-16(27)24(29-33(31,32)21-13-11-20(26)12-14-21)30-15-22(17-5-3-2-4-6-17)23(28-30)18-7-9-19(25)10-8-18/h2-14,22,27H,15H2,1H3/b27-16?,29-24+/t22-/m1/s1. The Balaban J connectivity index is 1.78. The second-order valence-electron chi connectivity index (χ2n) is 7.51. The molecular weight excluding hydrogens is 479 g/mol. The molecular formula is C24H20Cl2N4O2S. The van der Waals surface area contributed by atoms with Gasteiger partial charge in [0.25, 0.3) is 10.0 Å². The lowest BCUT2D eigenvalue weighted by Gasteiger charge is -2.18. The van der Waals surface area contributed by atoms with Gasteiger partial charge < -0.3 is 5.41 Å². The van der Waals surface area contributed by atoms with Crippen molar-refractivity contribution in [1.82, 2.24) is 5.01 Å². The number of amidine groups is 1. The minimum Gasteiger partial charge on any atom is -0.302 e. The third-order valence-electron chi connectivity index (χ3n) is 5.15. The molecule has 1 heterocycles. The summed E-state index contributed by atoms with van der Waals surface area (Å²) in [4.78, 5) is -0.00800. The maximum Gasteiger partial charge on any atom is 0.284 e. The molecule has 1 atom stereocenters. The van der Waals surface area contributed by atoms with Gasteiger partial charge in [-0.15, -0.1) is 4.40 Å². The fourth-order valence-corrected chi connectivity index (χ4v) is 4.84. The van der Waals surface area contributed by atoms with Gasteiger partial charge in [-0.05, 0) is 54.4 Å². The van der Waals surface area contributed by atoms with Gasteiger partial charge in [-0.3, -0.25) is 0 Å². The first-order chi connectivity index (χ1) is 15.7. The van der Waals surface area contributed by atoms with Gasteiger partial charge >= 0.3 is 0 Å². The van der Waals surface area contributed by atoms with Gasteiger partial charge in [0, 0.05) is 16.0 Å². The van der Waals surface area contributed by atoms with Gasteiger partial charge in [-0.25, -0.2) is 5.01 Å². The molecule has 0 bridgehead atoms. The Hall–Kier alpha value is -3.00. The van der Waals surface area contributed by atoms with E-state index in [1.54, 1.807) is 12.1 Å². The summed E-state index contributed by atoms with van der Waals surface area (Å²) in [6.45, 7) is 1.83. The third-order valence-corrected chi connectivity index (χ3v) is 6.94. The van der Waals surface area contributed by atoms with Gasteiger partial charge in [0.05, 0.1) is 22.9 Å². The van der Waals surface area contributed by atoms with Gasteiger partial charge in [0.1, 0.15) is 0 Å². The number of halogens is 2. The zero-order valence-corrected chi connectivity index (χ0v) is 19.9. The van der Waals surface area contributed by atoms with E-state index in [2.05, 4.69) is 4.40 Å². The molecule has 33 heavy (non-hydrogen) atoms. The van der Waals surface area contributed by atoms with E-state index >= 15 is 0 Å². The smallest absolute Gasteiger partial charge is 0.284 e. The molecule has 0 aromatic heterocycles. The van der Waals surface area contributed by atoms with E-state index in [-0.39, 0.29) is 22.4 Å². The molecule has 1 aliphatic rings. The fourth-order valence-electron chi connectivity index (χ4n) is 3.54. The van der Waals surface area contributed by atoms with Crippen LogP contribution in [0.5, 0.6) is 0 Å². The Kier molecular flexibility index (Phi) is 6.65. The van der Waals surface area contributed by atoms with Crippen molar-refractivity contribution in [3.8, 4) is 0 Å². The Labute approximate surface area is 202 Å². The average molecular weight is 499 g/mol. The molecule has 1 aliphatic heterocycles. The van der Waals surface area contributed by atoms with Crippen LogP contribution in [0.2, 0.25) is 10.0 Å². The van der Waals surface area contributed by atoms with Gasteiger partial charge in [-0.1, -0.05) is 65.7 Å². The van der Waals surface area contributed by atoms with E-state index in [0.29, 0.717) is 16.6 Å². The number of benzene rings is 3. The first-order valence-corrected chi connectivity index (χ1v) is 12.3. The number of hydrogen-bond acceptors (Lipinski definition) is 4. The third kappa shape index (κ3) is 5.16. The maximum absolute atomic E-state index is 12.9. The summed E-state index contributed by atoms with van der Waals surface area (Å²) in [5.41, 5.74) is 2.62. The summed E-state index contributed by atoms with van der Waals surface area (Å²) in [5, 5.41) is 15.4. The van der Waals surface area contributed by atoms with E-state index in [4.69, 9.17) is 33.7 Å².